The summed E-state index contributed by atoms with van der Waals surface area (Å²) in [6, 6.07) is 7.05. The van der Waals surface area contributed by atoms with E-state index in [1.54, 1.807) is 19.2 Å². The Morgan fingerprint density at radius 3 is 2.48 bits per heavy atom. The number of hydrogen-bond donors (Lipinski definition) is 3. The van der Waals surface area contributed by atoms with Gasteiger partial charge in [0, 0.05) is 67.1 Å². The Labute approximate surface area is 240 Å². The molecule has 0 spiro atoms. The SMILES string of the molecule is COc1cc(C)[nH]c(=O)c1CNC(=O)c1cc2c(-c3ccn[nH]3)ccn2c(C(C)N2CCN(C(F)C(F)F)CC2)c1C. The molecule has 224 valence electrons. The smallest absolute Gasteiger partial charge is 0.282 e. The van der Waals surface area contributed by atoms with Crippen LogP contribution in [0, 0.1) is 13.8 Å². The van der Waals surface area contributed by atoms with E-state index in [2.05, 4.69) is 25.4 Å². The molecule has 0 aliphatic carbocycles. The van der Waals surface area contributed by atoms with E-state index in [4.69, 9.17) is 4.74 Å². The number of ether oxygens (including phenoxy) is 1. The second-order valence-corrected chi connectivity index (χ2v) is 10.5. The van der Waals surface area contributed by atoms with Crippen molar-refractivity contribution in [1.29, 1.82) is 0 Å². The summed E-state index contributed by atoms with van der Waals surface area (Å²) >= 11 is 0. The van der Waals surface area contributed by atoms with Crippen LogP contribution in [0.5, 0.6) is 5.75 Å². The molecule has 4 aromatic rings. The van der Waals surface area contributed by atoms with Gasteiger partial charge in [-0.15, -0.1) is 0 Å². The number of H-pyrrole nitrogens is 2. The number of nitrogens with zero attached hydrogens (tertiary/aromatic N) is 4. The summed E-state index contributed by atoms with van der Waals surface area (Å²) in [5, 5.41) is 9.91. The molecule has 1 fully saturated rings. The van der Waals surface area contributed by atoms with Gasteiger partial charge in [-0.1, -0.05) is 0 Å². The van der Waals surface area contributed by atoms with Gasteiger partial charge < -0.3 is 19.4 Å². The van der Waals surface area contributed by atoms with Crippen LogP contribution in [0.4, 0.5) is 13.2 Å². The summed E-state index contributed by atoms with van der Waals surface area (Å²) in [7, 11) is 1.47. The largest absolute Gasteiger partial charge is 0.496 e. The zero-order chi connectivity index (χ0) is 30.1. The van der Waals surface area contributed by atoms with E-state index < -0.39 is 12.7 Å². The van der Waals surface area contributed by atoms with Crippen molar-refractivity contribution in [1.82, 2.24) is 34.7 Å². The predicted octanol–water partition coefficient (Wildman–Crippen LogP) is 3.81. The Balaban J connectivity index is 1.50. The molecule has 5 heterocycles. The van der Waals surface area contributed by atoms with Crippen molar-refractivity contribution in [2.75, 3.05) is 33.3 Å². The number of rotatable bonds is 9. The lowest BCUT2D eigenvalue weighted by molar-refractivity contribution is -0.0688. The van der Waals surface area contributed by atoms with E-state index in [1.165, 1.54) is 7.11 Å². The molecule has 1 saturated heterocycles. The average Bonchev–Trinajstić information content (AvgIpc) is 3.65. The Kier molecular flexibility index (Phi) is 8.41. The van der Waals surface area contributed by atoms with Gasteiger partial charge in [-0.3, -0.25) is 24.5 Å². The Morgan fingerprint density at radius 2 is 1.83 bits per heavy atom. The molecule has 1 aliphatic rings. The molecule has 0 radical (unpaired) electrons. The van der Waals surface area contributed by atoms with E-state index in [-0.39, 0.29) is 37.1 Å². The fourth-order valence-corrected chi connectivity index (χ4v) is 5.75. The molecule has 42 heavy (non-hydrogen) atoms. The van der Waals surface area contributed by atoms with Gasteiger partial charge in [-0.25, -0.2) is 13.2 Å². The molecule has 10 nitrogen and oxygen atoms in total. The molecule has 3 N–H and O–H groups in total. The quantitative estimate of drug-likeness (QED) is 0.258. The van der Waals surface area contributed by atoms with Gasteiger partial charge in [0.2, 0.25) is 6.30 Å². The first kappa shape index (κ1) is 29.4. The van der Waals surface area contributed by atoms with Crippen molar-refractivity contribution in [2.45, 2.75) is 46.1 Å². The highest BCUT2D eigenvalue weighted by Gasteiger charge is 2.33. The Bertz CT molecular complexity index is 1630. The number of aromatic nitrogens is 4. The standard InChI is InChI=1S/C29H34F3N7O3/c1-16-13-24(42-4)21(29(41)35-16)15-33-28(40)20-14-23-19(22-5-7-34-36-22)6-8-39(23)25(17(20)2)18(3)37-9-11-38(12-10-37)27(32)26(30)31/h5-8,13-14,18,26-27H,9-12,15H2,1-4H3,(H,33,40)(H,34,36)(H,35,41). The fourth-order valence-electron chi connectivity index (χ4n) is 5.75. The molecule has 1 aliphatic heterocycles. The van der Waals surface area contributed by atoms with Gasteiger partial charge in [-0.2, -0.15) is 5.10 Å². The lowest BCUT2D eigenvalue weighted by atomic mass is 9.99. The normalized spacial score (nSPS) is 16.2. The minimum absolute atomic E-state index is 0.0436. The van der Waals surface area contributed by atoms with E-state index in [1.807, 2.05) is 42.6 Å². The van der Waals surface area contributed by atoms with Crippen molar-refractivity contribution in [2.24, 2.45) is 0 Å². The van der Waals surface area contributed by atoms with E-state index in [9.17, 15) is 22.8 Å². The van der Waals surface area contributed by atoms with Crippen molar-refractivity contribution in [3.05, 3.63) is 75.1 Å². The molecule has 0 saturated carbocycles. The van der Waals surface area contributed by atoms with Crippen molar-refractivity contribution < 1.29 is 22.7 Å². The first-order valence-electron chi connectivity index (χ1n) is 13.7. The summed E-state index contributed by atoms with van der Waals surface area (Å²) in [5.41, 5.74) is 4.97. The summed E-state index contributed by atoms with van der Waals surface area (Å²) in [6.45, 7) is 6.65. The average molecular weight is 586 g/mol. The summed E-state index contributed by atoms with van der Waals surface area (Å²) in [4.78, 5) is 32.3. The number of pyridine rings is 2. The minimum Gasteiger partial charge on any atom is -0.496 e. The van der Waals surface area contributed by atoms with Crippen LogP contribution < -0.4 is 15.6 Å². The zero-order valence-corrected chi connectivity index (χ0v) is 23.9. The Morgan fingerprint density at radius 1 is 1.12 bits per heavy atom. The number of fused-ring (bicyclic) bond motifs is 1. The molecular weight excluding hydrogens is 551 g/mol. The molecular formula is C29H34F3N7O3. The van der Waals surface area contributed by atoms with Gasteiger partial charge >= 0.3 is 0 Å². The van der Waals surface area contributed by atoms with Gasteiger partial charge in [-0.05, 0) is 50.6 Å². The number of alkyl halides is 3. The third kappa shape index (κ3) is 5.53. The van der Waals surface area contributed by atoms with Gasteiger partial charge in [0.05, 0.1) is 30.4 Å². The molecule has 5 rings (SSSR count). The number of aromatic amines is 2. The number of piperazine rings is 1. The zero-order valence-electron chi connectivity index (χ0n) is 23.9. The number of carbonyl (C=O) groups is 1. The number of carbonyl (C=O) groups excluding carboxylic acids is 1. The molecule has 13 heteroatoms. The second-order valence-electron chi connectivity index (χ2n) is 10.5. The van der Waals surface area contributed by atoms with Crippen LogP contribution in [0.1, 0.15) is 45.8 Å². The molecule has 4 aromatic heterocycles. The topological polar surface area (TPSA) is 111 Å². The van der Waals surface area contributed by atoms with Crippen LogP contribution in [0.3, 0.4) is 0 Å². The summed E-state index contributed by atoms with van der Waals surface area (Å²) < 4.78 is 47.3. The third-order valence-corrected chi connectivity index (χ3v) is 8.01. The molecule has 1 amide bonds. The summed E-state index contributed by atoms with van der Waals surface area (Å²) in [5.74, 6) is 0.0110. The van der Waals surface area contributed by atoms with Crippen molar-refractivity contribution in [3.63, 3.8) is 0 Å². The van der Waals surface area contributed by atoms with Crippen LogP contribution >= 0.6 is 0 Å². The number of aryl methyl sites for hydroxylation is 1. The highest BCUT2D eigenvalue weighted by atomic mass is 19.3. The van der Waals surface area contributed by atoms with Crippen LogP contribution in [0.2, 0.25) is 0 Å². The first-order chi connectivity index (χ1) is 20.1. The maximum Gasteiger partial charge on any atom is 0.282 e. The maximum absolute atomic E-state index is 14.0. The molecule has 0 bridgehead atoms. The van der Waals surface area contributed by atoms with Crippen LogP contribution in [-0.2, 0) is 6.54 Å². The number of amides is 1. The lowest BCUT2D eigenvalue weighted by Gasteiger charge is -2.39. The van der Waals surface area contributed by atoms with Gasteiger partial charge in [0.25, 0.3) is 17.9 Å². The summed E-state index contributed by atoms with van der Waals surface area (Å²) in [6.07, 6.45) is -1.77. The van der Waals surface area contributed by atoms with Gasteiger partial charge in [0.15, 0.2) is 0 Å². The van der Waals surface area contributed by atoms with E-state index in [0.717, 1.165) is 32.9 Å². The number of halogens is 3. The van der Waals surface area contributed by atoms with E-state index >= 15 is 0 Å². The minimum atomic E-state index is -3.05. The van der Waals surface area contributed by atoms with Gasteiger partial charge in [0.1, 0.15) is 5.75 Å². The van der Waals surface area contributed by atoms with Crippen LogP contribution in [0.15, 0.2) is 41.5 Å². The van der Waals surface area contributed by atoms with E-state index in [0.29, 0.717) is 35.7 Å². The fraction of sp³-hybridized carbons (Fsp3) is 0.414. The third-order valence-electron chi connectivity index (χ3n) is 8.01. The molecule has 0 aromatic carbocycles. The second kappa shape index (κ2) is 12.0. The predicted molar refractivity (Wildman–Crippen MR) is 152 cm³/mol. The highest BCUT2D eigenvalue weighted by molar-refractivity contribution is 5.98. The molecule has 2 atom stereocenters. The highest BCUT2D eigenvalue weighted by Crippen LogP contribution is 2.33. The first-order valence-corrected chi connectivity index (χ1v) is 13.7. The van der Waals surface area contributed by atoms with Crippen molar-refractivity contribution >= 4 is 11.4 Å². The maximum atomic E-state index is 14.0. The number of methoxy groups -OCH3 is 1. The number of nitrogens with one attached hydrogen (secondary N) is 3. The molecule has 2 unspecified atom stereocenters. The van der Waals surface area contributed by atoms with Crippen molar-refractivity contribution in [3.8, 4) is 17.0 Å². The Hall–Kier alpha value is -4.10. The lowest BCUT2D eigenvalue weighted by Crippen LogP contribution is -2.51. The monoisotopic (exact) mass is 585 g/mol. The van der Waals surface area contributed by atoms with Crippen LogP contribution in [-0.4, -0.2) is 81.3 Å². The van der Waals surface area contributed by atoms with Crippen LogP contribution in [0.25, 0.3) is 16.8 Å². The number of hydrogen-bond acceptors (Lipinski definition) is 6.